The molecule has 1 aromatic carbocycles. The lowest BCUT2D eigenvalue weighted by Gasteiger charge is -2.26. The third-order valence-corrected chi connectivity index (χ3v) is 3.76. The van der Waals surface area contributed by atoms with Crippen LogP contribution in [0.2, 0.25) is 0 Å². The van der Waals surface area contributed by atoms with E-state index in [4.69, 9.17) is 10.5 Å². The van der Waals surface area contributed by atoms with Crippen molar-refractivity contribution in [1.29, 1.82) is 0 Å². The second kappa shape index (κ2) is 8.27. The summed E-state index contributed by atoms with van der Waals surface area (Å²) in [6.45, 7) is 7.72. The molecule has 6 heteroatoms. The van der Waals surface area contributed by atoms with E-state index in [0.717, 1.165) is 12.0 Å². The average molecular weight is 359 g/mol. The van der Waals surface area contributed by atoms with Gasteiger partial charge in [-0.25, -0.2) is 9.37 Å². The molecular weight excluding hydrogens is 333 g/mol. The highest BCUT2D eigenvalue weighted by Crippen LogP contribution is 2.27. The first-order chi connectivity index (χ1) is 12.2. The Bertz CT molecular complexity index is 775. The molecule has 5 nitrogen and oxygen atoms in total. The van der Waals surface area contributed by atoms with Crippen LogP contribution in [0.25, 0.3) is 11.1 Å². The summed E-state index contributed by atoms with van der Waals surface area (Å²) < 4.78 is 20.0. The standard InChI is InChI=1S/C20H26FN3O2/c1-13(2)11-20(4,22)12-26-18-6-5-15(9-17(18)21)16-7-8-23-19(10-16)24-14(3)25/h5-10,13H,11-12,22H2,1-4H3,(H,23,24,25)/t20-/m0/s1. The lowest BCUT2D eigenvalue weighted by molar-refractivity contribution is -0.114. The minimum atomic E-state index is -0.516. The Morgan fingerprint density at radius 2 is 2.00 bits per heavy atom. The minimum absolute atomic E-state index is 0.172. The molecule has 0 aliphatic carbocycles. The van der Waals surface area contributed by atoms with E-state index >= 15 is 0 Å². The smallest absolute Gasteiger partial charge is 0.222 e. The molecule has 0 bridgehead atoms. The van der Waals surface area contributed by atoms with E-state index in [1.807, 2.05) is 6.92 Å². The highest BCUT2D eigenvalue weighted by atomic mass is 19.1. The summed E-state index contributed by atoms with van der Waals surface area (Å²) in [6.07, 6.45) is 2.35. The summed E-state index contributed by atoms with van der Waals surface area (Å²) in [5.74, 6) is 0.357. The fraction of sp³-hybridized carbons (Fsp3) is 0.400. The molecule has 0 fully saturated rings. The van der Waals surface area contributed by atoms with Crippen molar-refractivity contribution in [2.45, 2.75) is 39.7 Å². The lowest BCUT2D eigenvalue weighted by atomic mass is 9.93. The number of carbonyl (C=O) groups excluding carboxylic acids is 1. The molecule has 1 amide bonds. The van der Waals surface area contributed by atoms with Crippen molar-refractivity contribution in [3.63, 3.8) is 0 Å². The summed E-state index contributed by atoms with van der Waals surface area (Å²) in [5.41, 5.74) is 7.10. The summed E-state index contributed by atoms with van der Waals surface area (Å²) in [6, 6.07) is 8.20. The molecule has 2 rings (SSSR count). The number of hydrogen-bond acceptors (Lipinski definition) is 4. The van der Waals surface area contributed by atoms with Crippen LogP contribution in [0.15, 0.2) is 36.5 Å². The molecule has 1 heterocycles. The third kappa shape index (κ3) is 5.81. The van der Waals surface area contributed by atoms with E-state index in [1.165, 1.54) is 13.0 Å². The van der Waals surface area contributed by atoms with Crippen molar-refractivity contribution in [3.05, 3.63) is 42.3 Å². The minimum Gasteiger partial charge on any atom is -0.489 e. The second-order valence-electron chi connectivity index (χ2n) is 7.30. The number of pyridine rings is 1. The summed E-state index contributed by atoms with van der Waals surface area (Å²) >= 11 is 0. The Morgan fingerprint density at radius 1 is 1.31 bits per heavy atom. The Kier molecular flexibility index (Phi) is 6.32. The van der Waals surface area contributed by atoms with Gasteiger partial charge < -0.3 is 15.8 Å². The van der Waals surface area contributed by atoms with Gasteiger partial charge in [-0.1, -0.05) is 19.9 Å². The van der Waals surface area contributed by atoms with Gasteiger partial charge in [-0.2, -0.15) is 0 Å². The Morgan fingerprint density at radius 3 is 2.62 bits per heavy atom. The van der Waals surface area contributed by atoms with Gasteiger partial charge in [0.15, 0.2) is 11.6 Å². The maximum atomic E-state index is 14.4. The van der Waals surface area contributed by atoms with Crippen LogP contribution < -0.4 is 15.8 Å². The molecule has 0 aliphatic heterocycles. The van der Waals surface area contributed by atoms with Crippen LogP contribution in [0.1, 0.15) is 34.1 Å². The number of halogens is 1. The van der Waals surface area contributed by atoms with Gasteiger partial charge in [-0.3, -0.25) is 4.79 Å². The van der Waals surface area contributed by atoms with Crippen molar-refractivity contribution in [2.75, 3.05) is 11.9 Å². The Hall–Kier alpha value is -2.47. The van der Waals surface area contributed by atoms with Gasteiger partial charge in [-0.15, -0.1) is 0 Å². The third-order valence-electron chi connectivity index (χ3n) is 3.76. The quantitative estimate of drug-likeness (QED) is 0.784. The SMILES string of the molecule is CC(=O)Nc1cc(-c2ccc(OC[C@@](C)(N)CC(C)C)c(F)c2)ccn1. The van der Waals surface area contributed by atoms with Crippen LogP contribution in [0.3, 0.4) is 0 Å². The first kappa shape index (κ1) is 19.8. The van der Waals surface area contributed by atoms with Crippen LogP contribution in [0.5, 0.6) is 5.75 Å². The lowest BCUT2D eigenvalue weighted by Crippen LogP contribution is -2.43. The largest absolute Gasteiger partial charge is 0.489 e. The van der Waals surface area contributed by atoms with Crippen molar-refractivity contribution >= 4 is 11.7 Å². The van der Waals surface area contributed by atoms with Gasteiger partial charge in [-0.05, 0) is 54.7 Å². The number of rotatable bonds is 7. The average Bonchev–Trinajstić information content (AvgIpc) is 2.52. The Balaban J connectivity index is 2.13. The molecule has 1 aromatic heterocycles. The summed E-state index contributed by atoms with van der Waals surface area (Å²) in [7, 11) is 0. The van der Waals surface area contributed by atoms with E-state index in [1.54, 1.807) is 30.5 Å². The van der Waals surface area contributed by atoms with Gasteiger partial charge in [0, 0.05) is 18.7 Å². The molecule has 0 unspecified atom stereocenters. The number of nitrogens with zero attached hydrogens (tertiary/aromatic N) is 1. The van der Waals surface area contributed by atoms with Gasteiger partial charge in [0.2, 0.25) is 5.91 Å². The summed E-state index contributed by atoms with van der Waals surface area (Å²) in [4.78, 5) is 15.2. The maximum absolute atomic E-state index is 14.4. The van der Waals surface area contributed by atoms with E-state index < -0.39 is 11.4 Å². The molecule has 0 saturated carbocycles. The van der Waals surface area contributed by atoms with Crippen LogP contribution >= 0.6 is 0 Å². The number of carbonyl (C=O) groups is 1. The zero-order valence-electron chi connectivity index (χ0n) is 15.7. The second-order valence-corrected chi connectivity index (χ2v) is 7.30. The predicted molar refractivity (Wildman–Crippen MR) is 101 cm³/mol. The normalized spacial score (nSPS) is 13.3. The van der Waals surface area contributed by atoms with E-state index in [9.17, 15) is 9.18 Å². The van der Waals surface area contributed by atoms with Crippen molar-refractivity contribution in [2.24, 2.45) is 11.7 Å². The predicted octanol–water partition coefficient (Wildman–Crippen LogP) is 3.99. The number of ether oxygens (including phenoxy) is 1. The molecule has 140 valence electrons. The Labute approximate surface area is 153 Å². The first-order valence-corrected chi connectivity index (χ1v) is 8.61. The molecule has 0 spiro atoms. The zero-order chi connectivity index (χ0) is 19.3. The number of benzene rings is 1. The first-order valence-electron chi connectivity index (χ1n) is 8.61. The van der Waals surface area contributed by atoms with Gasteiger partial charge in [0.05, 0.1) is 0 Å². The number of nitrogens with one attached hydrogen (secondary N) is 1. The maximum Gasteiger partial charge on any atom is 0.222 e. The monoisotopic (exact) mass is 359 g/mol. The molecule has 1 atom stereocenters. The molecule has 0 aliphatic rings. The van der Waals surface area contributed by atoms with Crippen LogP contribution in [0, 0.1) is 11.7 Å². The van der Waals surface area contributed by atoms with E-state index in [0.29, 0.717) is 17.3 Å². The van der Waals surface area contributed by atoms with Crippen LogP contribution in [-0.4, -0.2) is 23.0 Å². The molecule has 0 saturated heterocycles. The fourth-order valence-corrected chi connectivity index (χ4v) is 2.89. The van der Waals surface area contributed by atoms with Crippen LogP contribution in [-0.2, 0) is 4.79 Å². The van der Waals surface area contributed by atoms with Gasteiger partial charge in [0.25, 0.3) is 0 Å². The zero-order valence-corrected chi connectivity index (χ0v) is 15.7. The summed E-state index contributed by atoms with van der Waals surface area (Å²) in [5, 5.41) is 2.61. The van der Waals surface area contributed by atoms with Crippen molar-refractivity contribution < 1.29 is 13.9 Å². The number of nitrogens with two attached hydrogens (primary N) is 1. The number of hydrogen-bond donors (Lipinski definition) is 2. The van der Waals surface area contributed by atoms with E-state index in [2.05, 4.69) is 24.1 Å². The molecule has 3 N–H and O–H groups in total. The molecule has 0 radical (unpaired) electrons. The van der Waals surface area contributed by atoms with E-state index in [-0.39, 0.29) is 18.3 Å². The van der Waals surface area contributed by atoms with Gasteiger partial charge in [0.1, 0.15) is 12.4 Å². The number of anilines is 1. The molecule has 2 aromatic rings. The topological polar surface area (TPSA) is 77.2 Å². The van der Waals surface area contributed by atoms with Crippen molar-refractivity contribution in [3.8, 4) is 16.9 Å². The van der Waals surface area contributed by atoms with Gasteiger partial charge >= 0.3 is 0 Å². The fourth-order valence-electron chi connectivity index (χ4n) is 2.89. The number of amides is 1. The highest BCUT2D eigenvalue weighted by molar-refractivity contribution is 5.88. The molecular formula is C20H26FN3O2. The number of aromatic nitrogens is 1. The highest BCUT2D eigenvalue weighted by Gasteiger charge is 2.21. The van der Waals surface area contributed by atoms with Crippen LogP contribution in [0.4, 0.5) is 10.2 Å². The van der Waals surface area contributed by atoms with Crippen molar-refractivity contribution in [1.82, 2.24) is 4.98 Å². The molecule has 26 heavy (non-hydrogen) atoms.